The first kappa shape index (κ1) is 23.2. The maximum atomic E-state index is 14.6. The van der Waals surface area contributed by atoms with Crippen LogP contribution >= 0.6 is 0 Å². The van der Waals surface area contributed by atoms with Crippen molar-refractivity contribution in [2.45, 2.75) is 31.3 Å². The molecular weight excluding hydrogens is 442 g/mol. The summed E-state index contributed by atoms with van der Waals surface area (Å²) in [6.07, 6.45) is 3.24. The van der Waals surface area contributed by atoms with Crippen molar-refractivity contribution in [3.63, 3.8) is 0 Å². The molecule has 0 aliphatic heterocycles. The van der Waals surface area contributed by atoms with Crippen molar-refractivity contribution in [1.29, 1.82) is 0 Å². The van der Waals surface area contributed by atoms with Gasteiger partial charge in [0.15, 0.2) is 10.7 Å². The lowest BCUT2D eigenvalue weighted by molar-refractivity contribution is 0.0743. The summed E-state index contributed by atoms with van der Waals surface area (Å²) in [6.45, 7) is 5.04. The third-order valence-corrected chi connectivity index (χ3v) is 6.39. The molecule has 7 heteroatoms. The van der Waals surface area contributed by atoms with Gasteiger partial charge in [-0.25, -0.2) is 13.8 Å². The Labute approximate surface area is 194 Å². The second-order valence-electron chi connectivity index (χ2n) is 8.46. The lowest BCUT2D eigenvalue weighted by Gasteiger charge is -2.14. The molecule has 1 atom stereocenters. The van der Waals surface area contributed by atoms with Crippen molar-refractivity contribution in [3.05, 3.63) is 89.8 Å². The van der Waals surface area contributed by atoms with E-state index in [1.54, 1.807) is 30.9 Å². The molecule has 0 saturated heterocycles. The molecule has 3 aromatic carbocycles. The van der Waals surface area contributed by atoms with E-state index in [0.717, 1.165) is 21.6 Å². The highest BCUT2D eigenvalue weighted by Crippen LogP contribution is 2.33. The van der Waals surface area contributed by atoms with E-state index in [1.165, 1.54) is 18.2 Å². The van der Waals surface area contributed by atoms with E-state index in [9.17, 15) is 18.4 Å². The molecule has 1 aromatic heterocycles. The quantitative estimate of drug-likeness (QED) is 0.381. The summed E-state index contributed by atoms with van der Waals surface area (Å²) in [5, 5.41) is 10.5. The number of nitrogens with zero attached hydrogens (tertiary/aromatic N) is 2. The van der Waals surface area contributed by atoms with Gasteiger partial charge in [-0.3, -0.25) is 4.57 Å². The highest BCUT2D eigenvalue weighted by molar-refractivity contribution is 7.90. The maximum Gasteiger partial charge on any atom is 0.153 e. The van der Waals surface area contributed by atoms with Crippen LogP contribution in [0.1, 0.15) is 25.1 Å². The van der Waals surface area contributed by atoms with Crippen molar-refractivity contribution in [1.82, 2.24) is 9.55 Å². The van der Waals surface area contributed by atoms with Gasteiger partial charge in [-0.1, -0.05) is 24.3 Å². The SMILES string of the molecule is Cc1cc(-c2cccc([S+](C)[O-])c2)ccc1-n1cc(C(C)(C)O)nc1-c1c(F)cccc1F. The normalized spacial score (nSPS) is 12.7. The van der Waals surface area contributed by atoms with Crippen molar-refractivity contribution in [2.75, 3.05) is 6.26 Å². The van der Waals surface area contributed by atoms with E-state index in [1.807, 2.05) is 49.4 Å². The minimum absolute atomic E-state index is 0.0713. The minimum Gasteiger partial charge on any atom is -0.612 e. The fraction of sp³-hybridized carbons (Fsp3) is 0.192. The molecule has 0 bridgehead atoms. The Hall–Kier alpha value is -3.00. The van der Waals surface area contributed by atoms with Crippen LogP contribution in [0.15, 0.2) is 71.8 Å². The minimum atomic E-state index is -1.30. The zero-order valence-corrected chi connectivity index (χ0v) is 19.6. The number of rotatable bonds is 5. The standard InChI is InChI=1S/C26H24F2N2O2S/c1-16-13-18(17-7-5-8-19(14-17)33(4)32)11-12-22(16)30-15-23(26(2,3)31)29-25(30)24-20(27)9-6-10-21(24)28/h5-15,31H,1-4H3. The lowest BCUT2D eigenvalue weighted by Crippen LogP contribution is -2.15. The van der Waals surface area contributed by atoms with Crippen molar-refractivity contribution >= 4 is 11.2 Å². The molecule has 0 aliphatic rings. The molecule has 4 nitrogen and oxygen atoms in total. The van der Waals surface area contributed by atoms with Crippen LogP contribution < -0.4 is 0 Å². The van der Waals surface area contributed by atoms with Gasteiger partial charge in [0, 0.05) is 12.3 Å². The molecule has 4 aromatic rings. The summed E-state index contributed by atoms with van der Waals surface area (Å²) in [6, 6.07) is 16.9. The van der Waals surface area contributed by atoms with Gasteiger partial charge in [-0.2, -0.15) is 0 Å². The number of imidazole rings is 1. The molecule has 1 unspecified atom stereocenters. The Morgan fingerprint density at radius 1 is 0.970 bits per heavy atom. The molecule has 0 spiro atoms. The molecule has 170 valence electrons. The van der Waals surface area contributed by atoms with Gasteiger partial charge in [-0.15, -0.1) is 0 Å². The first-order valence-electron chi connectivity index (χ1n) is 10.4. The van der Waals surface area contributed by atoms with Crippen LogP contribution in [-0.2, 0) is 16.8 Å². The number of hydrogen-bond acceptors (Lipinski definition) is 3. The van der Waals surface area contributed by atoms with Gasteiger partial charge in [0.2, 0.25) is 0 Å². The largest absolute Gasteiger partial charge is 0.612 e. The van der Waals surface area contributed by atoms with Gasteiger partial charge in [-0.05, 0) is 79.0 Å². The number of aryl methyl sites for hydroxylation is 1. The second-order valence-corrected chi connectivity index (χ2v) is 9.84. The zero-order valence-electron chi connectivity index (χ0n) is 18.8. The molecule has 0 aliphatic carbocycles. The smallest absolute Gasteiger partial charge is 0.153 e. The summed E-state index contributed by atoms with van der Waals surface area (Å²) in [5.74, 6) is -1.40. The van der Waals surface area contributed by atoms with Gasteiger partial charge >= 0.3 is 0 Å². The molecule has 0 fully saturated rings. The number of halogens is 2. The number of aromatic nitrogens is 2. The second kappa shape index (κ2) is 8.74. The fourth-order valence-electron chi connectivity index (χ4n) is 3.71. The first-order chi connectivity index (χ1) is 15.6. The van der Waals surface area contributed by atoms with E-state index in [0.29, 0.717) is 11.4 Å². The number of benzene rings is 3. The highest BCUT2D eigenvalue weighted by Gasteiger charge is 2.26. The van der Waals surface area contributed by atoms with Gasteiger partial charge in [0.05, 0.1) is 16.9 Å². The van der Waals surface area contributed by atoms with Crippen LogP contribution in [0.4, 0.5) is 8.78 Å². The van der Waals surface area contributed by atoms with Crippen LogP contribution in [0.25, 0.3) is 28.2 Å². The molecule has 0 radical (unpaired) electrons. The monoisotopic (exact) mass is 466 g/mol. The molecule has 1 heterocycles. The van der Waals surface area contributed by atoms with Gasteiger partial charge in [0.25, 0.3) is 0 Å². The molecule has 1 N–H and O–H groups in total. The Morgan fingerprint density at radius 2 is 1.61 bits per heavy atom. The van der Waals surface area contributed by atoms with Crippen LogP contribution in [0.2, 0.25) is 0 Å². The molecule has 33 heavy (non-hydrogen) atoms. The summed E-state index contributed by atoms with van der Waals surface area (Å²) < 4.78 is 42.8. The average molecular weight is 467 g/mol. The molecule has 0 amide bonds. The van der Waals surface area contributed by atoms with E-state index >= 15 is 0 Å². The van der Waals surface area contributed by atoms with Crippen LogP contribution in [0.5, 0.6) is 0 Å². The summed E-state index contributed by atoms with van der Waals surface area (Å²) in [5.41, 5.74) is 2.09. The zero-order chi connectivity index (χ0) is 23.9. The van der Waals surface area contributed by atoms with Crippen molar-refractivity contribution < 1.29 is 18.4 Å². The van der Waals surface area contributed by atoms with Gasteiger partial charge < -0.3 is 9.66 Å². The summed E-state index contributed by atoms with van der Waals surface area (Å²) in [7, 11) is 0. The van der Waals surface area contributed by atoms with Crippen molar-refractivity contribution in [2.24, 2.45) is 0 Å². The summed E-state index contributed by atoms with van der Waals surface area (Å²) in [4.78, 5) is 5.13. The predicted molar refractivity (Wildman–Crippen MR) is 127 cm³/mol. The van der Waals surface area contributed by atoms with Crippen LogP contribution in [-0.4, -0.2) is 25.5 Å². The van der Waals surface area contributed by atoms with Crippen LogP contribution in [0, 0.1) is 18.6 Å². The van der Waals surface area contributed by atoms with E-state index in [4.69, 9.17) is 0 Å². The summed E-state index contributed by atoms with van der Waals surface area (Å²) >= 11 is -1.09. The van der Waals surface area contributed by atoms with Crippen molar-refractivity contribution in [3.8, 4) is 28.2 Å². The highest BCUT2D eigenvalue weighted by atomic mass is 32.2. The molecule has 4 rings (SSSR count). The topological polar surface area (TPSA) is 61.1 Å². The Morgan fingerprint density at radius 3 is 2.21 bits per heavy atom. The fourth-order valence-corrected chi connectivity index (χ4v) is 4.27. The lowest BCUT2D eigenvalue weighted by atomic mass is 10.0. The average Bonchev–Trinajstić information content (AvgIpc) is 3.19. The first-order valence-corrected chi connectivity index (χ1v) is 11.9. The Balaban J connectivity index is 1.87. The third-order valence-electron chi connectivity index (χ3n) is 5.47. The number of hydrogen-bond donors (Lipinski definition) is 1. The Bertz CT molecular complexity index is 1310. The molecular formula is C26H24F2N2O2S. The molecule has 0 saturated carbocycles. The Kier molecular flexibility index (Phi) is 6.14. The van der Waals surface area contributed by atoms with Crippen LogP contribution in [0.3, 0.4) is 0 Å². The van der Waals surface area contributed by atoms with E-state index in [-0.39, 0.29) is 11.4 Å². The van der Waals surface area contributed by atoms with Gasteiger partial charge in [0.1, 0.15) is 23.5 Å². The number of aliphatic hydroxyl groups is 1. The maximum absolute atomic E-state index is 14.6. The predicted octanol–water partition coefficient (Wildman–Crippen LogP) is 5.76. The third kappa shape index (κ3) is 4.57. The van der Waals surface area contributed by atoms with E-state index < -0.39 is 28.4 Å². The van der Waals surface area contributed by atoms with E-state index in [2.05, 4.69) is 4.98 Å².